The number of anilines is 6. The Hall–Kier alpha value is -4.35. The van der Waals surface area contributed by atoms with Crippen molar-refractivity contribution in [2.24, 2.45) is 0 Å². The van der Waals surface area contributed by atoms with Crippen LogP contribution >= 0.6 is 11.3 Å². The van der Waals surface area contributed by atoms with Gasteiger partial charge >= 0.3 is 0 Å². The van der Waals surface area contributed by atoms with Crippen LogP contribution in [0.25, 0.3) is 10.2 Å². The molecule has 0 fully saturated rings. The van der Waals surface area contributed by atoms with E-state index in [1.54, 1.807) is 0 Å². The summed E-state index contributed by atoms with van der Waals surface area (Å²) in [7, 11) is 0. The SMILES string of the molecule is CC(C)(C)c1ccc(N2c3ccc(C(C)(C)C)cc3B3c4ccc5nc(C(C)(C)C)sc5c4N(c4cc(C(C)(C)C)cc(C(C)(C)C)c4)c4cc(C(C)(C)C)cc2c43)cc1. The predicted octanol–water partition coefficient (Wildman–Crippen LogP) is 14.2. The fourth-order valence-corrected chi connectivity index (χ4v) is 10.1. The second-order valence-electron chi connectivity index (χ2n) is 24.0. The highest BCUT2D eigenvalue weighted by atomic mass is 32.1. The third kappa shape index (κ3) is 7.21. The molecule has 0 saturated carbocycles. The summed E-state index contributed by atoms with van der Waals surface area (Å²) >= 11 is 1.88. The summed E-state index contributed by atoms with van der Waals surface area (Å²) in [6.07, 6.45) is 0. The van der Waals surface area contributed by atoms with Gasteiger partial charge in [-0.3, -0.25) is 0 Å². The molecule has 3 nitrogen and oxygen atoms in total. The van der Waals surface area contributed by atoms with Crippen molar-refractivity contribution in [3.05, 3.63) is 118 Å². The summed E-state index contributed by atoms with van der Waals surface area (Å²) in [5, 5.41) is 1.17. The molecule has 0 atom stereocenters. The number of thiazole rings is 1. The van der Waals surface area contributed by atoms with Crippen LogP contribution in [0.2, 0.25) is 0 Å². The van der Waals surface area contributed by atoms with E-state index in [2.05, 4.69) is 219 Å². The topological polar surface area (TPSA) is 19.4 Å². The average molecular weight is 814 g/mol. The average Bonchev–Trinajstić information content (AvgIpc) is 3.58. The summed E-state index contributed by atoms with van der Waals surface area (Å²) in [5.74, 6) is 0. The Balaban J connectivity index is 1.57. The van der Waals surface area contributed by atoms with Crippen molar-refractivity contribution >= 4 is 78.8 Å². The van der Waals surface area contributed by atoms with E-state index in [4.69, 9.17) is 4.98 Å². The molecule has 6 aromatic rings. The molecule has 2 aliphatic heterocycles. The third-order valence-electron chi connectivity index (χ3n) is 12.9. The van der Waals surface area contributed by atoms with E-state index in [0.717, 1.165) is 5.52 Å². The number of rotatable bonds is 2. The Morgan fingerprint density at radius 3 is 1.43 bits per heavy atom. The van der Waals surface area contributed by atoms with Crippen LogP contribution in [0.15, 0.2) is 84.9 Å². The Kier molecular flexibility index (Phi) is 9.58. The molecule has 1 aromatic heterocycles. The predicted molar refractivity (Wildman–Crippen MR) is 266 cm³/mol. The molecule has 0 saturated heterocycles. The number of hydrogen-bond acceptors (Lipinski definition) is 4. The lowest BCUT2D eigenvalue weighted by atomic mass is 9.33. The maximum Gasteiger partial charge on any atom is 0.252 e. The van der Waals surface area contributed by atoms with Crippen LogP contribution in [0, 0.1) is 0 Å². The molecule has 60 heavy (non-hydrogen) atoms. The molecule has 0 unspecified atom stereocenters. The van der Waals surface area contributed by atoms with E-state index < -0.39 is 0 Å². The van der Waals surface area contributed by atoms with Gasteiger partial charge in [0.15, 0.2) is 0 Å². The fraction of sp³-hybridized carbons (Fsp3) is 0.436. The molecular weight excluding hydrogens is 746 g/mol. The molecule has 5 aromatic carbocycles. The minimum absolute atomic E-state index is 0.0169. The molecule has 8 rings (SSSR count). The molecule has 3 heterocycles. The summed E-state index contributed by atoms with van der Waals surface area (Å²) in [6, 6.07) is 33.9. The number of fused-ring (bicyclic) bond motifs is 6. The molecule has 312 valence electrons. The van der Waals surface area contributed by atoms with Crippen molar-refractivity contribution in [2.75, 3.05) is 9.80 Å². The Bertz CT molecular complexity index is 2620. The smallest absolute Gasteiger partial charge is 0.252 e. The minimum Gasteiger partial charge on any atom is -0.311 e. The van der Waals surface area contributed by atoms with Gasteiger partial charge in [-0.1, -0.05) is 161 Å². The number of hydrogen-bond donors (Lipinski definition) is 0. The molecule has 0 amide bonds. The standard InChI is InChI=1S/C55H68BN3S/c1-50(2,3)33-19-22-38(23-20-33)58-43-26-21-34(51(4,5)6)30-41(43)56-40-24-25-42-48(60-49(57-42)55(16,17)18)47(40)59(45-32-37(54(13,14)15)31-44(58)46(45)56)39-28-35(52(7,8)9)27-36(29-39)53(10,11)12/h19-32H,1-18H3. The Morgan fingerprint density at radius 2 is 0.917 bits per heavy atom. The fourth-order valence-electron chi connectivity index (χ4n) is 8.95. The van der Waals surface area contributed by atoms with Crippen molar-refractivity contribution in [1.82, 2.24) is 4.98 Å². The third-order valence-corrected chi connectivity index (χ3v) is 14.4. The van der Waals surface area contributed by atoms with Gasteiger partial charge in [-0.05, 0) is 120 Å². The second kappa shape index (κ2) is 13.6. The number of nitrogens with zero attached hydrogens (tertiary/aromatic N) is 3. The van der Waals surface area contributed by atoms with Crippen LogP contribution < -0.4 is 26.2 Å². The van der Waals surface area contributed by atoms with E-state index in [0.29, 0.717) is 0 Å². The van der Waals surface area contributed by atoms with Crippen molar-refractivity contribution in [3.8, 4) is 0 Å². The summed E-state index contributed by atoms with van der Waals surface area (Å²) in [5.41, 5.74) is 19.1. The lowest BCUT2D eigenvalue weighted by Gasteiger charge is -2.45. The first-order valence-corrected chi connectivity index (χ1v) is 23.0. The Morgan fingerprint density at radius 1 is 0.417 bits per heavy atom. The first-order chi connectivity index (χ1) is 27.5. The maximum absolute atomic E-state index is 5.38. The van der Waals surface area contributed by atoms with Crippen LogP contribution in [-0.2, 0) is 32.5 Å². The molecule has 0 bridgehead atoms. The van der Waals surface area contributed by atoms with E-state index in [1.165, 1.54) is 88.0 Å². The normalized spacial score (nSPS) is 14.7. The van der Waals surface area contributed by atoms with E-state index in [-0.39, 0.29) is 39.2 Å². The first-order valence-electron chi connectivity index (χ1n) is 22.2. The monoisotopic (exact) mass is 814 g/mol. The van der Waals surface area contributed by atoms with Crippen molar-refractivity contribution < 1.29 is 0 Å². The highest BCUT2D eigenvalue weighted by Gasteiger charge is 2.46. The van der Waals surface area contributed by atoms with Crippen molar-refractivity contribution in [1.29, 1.82) is 0 Å². The molecule has 5 heteroatoms. The van der Waals surface area contributed by atoms with Gasteiger partial charge in [0.2, 0.25) is 0 Å². The number of benzene rings is 5. The lowest BCUT2D eigenvalue weighted by molar-refractivity contribution is 0.568. The minimum atomic E-state index is -0.106. The van der Waals surface area contributed by atoms with Crippen LogP contribution in [0.4, 0.5) is 34.1 Å². The van der Waals surface area contributed by atoms with Gasteiger partial charge in [-0.25, -0.2) is 4.98 Å². The quantitative estimate of drug-likeness (QED) is 0.162. The zero-order chi connectivity index (χ0) is 43.9. The van der Waals surface area contributed by atoms with E-state index in [9.17, 15) is 0 Å². The molecule has 0 aliphatic carbocycles. The summed E-state index contributed by atoms with van der Waals surface area (Å²) in [6.45, 7) is 42.0. The van der Waals surface area contributed by atoms with Gasteiger partial charge in [0.25, 0.3) is 6.71 Å². The zero-order valence-corrected chi connectivity index (χ0v) is 40.7. The molecule has 0 N–H and O–H groups in total. The highest BCUT2D eigenvalue weighted by molar-refractivity contribution is 7.19. The summed E-state index contributed by atoms with van der Waals surface area (Å²) in [4.78, 5) is 10.6. The van der Waals surface area contributed by atoms with Crippen molar-refractivity contribution in [3.63, 3.8) is 0 Å². The maximum atomic E-state index is 5.38. The molecule has 2 aliphatic rings. The van der Waals surface area contributed by atoms with E-state index >= 15 is 0 Å². The van der Waals surface area contributed by atoms with E-state index in [1.807, 2.05) is 11.3 Å². The zero-order valence-electron chi connectivity index (χ0n) is 39.9. The van der Waals surface area contributed by atoms with Crippen LogP contribution in [0.1, 0.15) is 157 Å². The van der Waals surface area contributed by atoms with Gasteiger partial charge in [-0.2, -0.15) is 0 Å². The van der Waals surface area contributed by atoms with Gasteiger partial charge in [-0.15, -0.1) is 11.3 Å². The van der Waals surface area contributed by atoms with Crippen LogP contribution in [0.5, 0.6) is 0 Å². The van der Waals surface area contributed by atoms with Crippen LogP contribution in [-0.4, -0.2) is 11.7 Å². The van der Waals surface area contributed by atoms with Gasteiger partial charge in [0, 0.05) is 33.9 Å². The molecule has 0 radical (unpaired) electrons. The lowest BCUT2D eigenvalue weighted by Crippen LogP contribution is -2.61. The first kappa shape index (κ1) is 42.3. The van der Waals surface area contributed by atoms with Gasteiger partial charge < -0.3 is 9.80 Å². The van der Waals surface area contributed by atoms with Crippen LogP contribution in [0.3, 0.4) is 0 Å². The summed E-state index contributed by atoms with van der Waals surface area (Å²) < 4.78 is 1.26. The molecular formula is C55H68BN3S. The second-order valence-corrected chi connectivity index (χ2v) is 25.0. The van der Waals surface area contributed by atoms with Gasteiger partial charge in [0.1, 0.15) is 0 Å². The highest BCUT2D eigenvalue weighted by Crippen LogP contribution is 2.50. The van der Waals surface area contributed by atoms with Crippen molar-refractivity contribution in [2.45, 2.75) is 157 Å². The molecule has 0 spiro atoms. The number of aromatic nitrogens is 1. The Labute approximate surface area is 366 Å². The largest absolute Gasteiger partial charge is 0.311 e. The van der Waals surface area contributed by atoms with Gasteiger partial charge in [0.05, 0.1) is 20.9 Å².